The van der Waals surface area contributed by atoms with Crippen LogP contribution >= 0.6 is 34.3 Å². The van der Waals surface area contributed by atoms with Gasteiger partial charge in [0.1, 0.15) is 11.6 Å². The number of fused-ring (bicyclic) bond motifs is 6. The van der Waals surface area contributed by atoms with Crippen molar-refractivity contribution in [2.45, 2.75) is 38.9 Å². The maximum atomic E-state index is 15.7. The van der Waals surface area contributed by atoms with E-state index in [4.69, 9.17) is 60.8 Å². The van der Waals surface area contributed by atoms with Crippen LogP contribution in [0, 0.1) is 11.6 Å². The molecule has 1 saturated heterocycles. The van der Waals surface area contributed by atoms with Crippen LogP contribution in [0.1, 0.15) is 27.7 Å². The molecule has 1 fully saturated rings. The zero-order valence-electron chi connectivity index (χ0n) is 53.2. The fourth-order valence-electron chi connectivity index (χ4n) is 11.4. The number of halogens is 3. The highest BCUT2D eigenvalue weighted by Gasteiger charge is 2.52. The molecule has 0 saturated carbocycles. The largest absolute Gasteiger partial charge is 0.497 e. The SMILES string of the molecule is CC1(C)OB(c2cc(-c3nc(-c4ccccc4)nc(-c4ccccc4)n3)ccc2F)OC1(C)C.Clc1nc(-c2ccccc2)c2sc3ccccc3c2n1.Fc1ccc(-c2nc(-c3ccccc3)nc(-c3ccccc3)n2)cc1-c1nc(-c2ccccc2)c2sc3ccccc3c2n1. The minimum Gasteiger partial charge on any atom is -0.399 e. The summed E-state index contributed by atoms with van der Waals surface area (Å²) in [6, 6.07) is 85.1. The standard InChI is InChI=1S/C37H22FN5S.C27H25BFN3O2.C16H9ClN2S/c38-29-21-20-26(36-42-34(24-14-6-2-7-15-24)41-35(43-36)25-16-8-3-9-17-25)22-28(29)37-39-31(23-12-4-1-5-13-23)33-32(40-37)27-18-10-11-19-30(27)44-33;1-26(2)27(3,4)34-28(33-26)21-17-20(15-16-22(21)29)25-31-23(18-11-7-5-8-12-18)30-24(32-25)19-13-9-6-10-14-19;17-16-18-13(10-6-2-1-3-7-10)15-14(19-16)11-8-4-5-9-12(11)20-15/h1-22H;5-17H,1-4H3;1-9H. The van der Waals surface area contributed by atoms with E-state index >= 15 is 4.39 Å². The molecule has 0 atom stereocenters. The normalized spacial score (nSPS) is 13.1. The lowest BCUT2D eigenvalue weighted by atomic mass is 9.78. The fourth-order valence-corrected chi connectivity index (χ4v) is 13.9. The lowest BCUT2D eigenvalue weighted by Gasteiger charge is -2.32. The van der Waals surface area contributed by atoms with Crippen LogP contribution in [-0.2, 0) is 9.31 Å². The molecule has 0 aliphatic carbocycles. The van der Waals surface area contributed by atoms with Crippen molar-refractivity contribution in [2.24, 2.45) is 0 Å². The summed E-state index contributed by atoms with van der Waals surface area (Å²) < 4.78 is 47.2. The van der Waals surface area contributed by atoms with Gasteiger partial charge in [0.25, 0.3) is 0 Å². The number of rotatable bonds is 10. The van der Waals surface area contributed by atoms with Gasteiger partial charge in [0.05, 0.1) is 48.6 Å². The van der Waals surface area contributed by atoms with Gasteiger partial charge in [-0.25, -0.2) is 58.6 Å². The summed E-state index contributed by atoms with van der Waals surface area (Å²) >= 11 is 9.47. The van der Waals surface area contributed by atoms with Crippen LogP contribution < -0.4 is 5.46 Å². The molecule has 12 nitrogen and oxygen atoms in total. The predicted octanol–water partition coefficient (Wildman–Crippen LogP) is 20.0. The molecule has 98 heavy (non-hydrogen) atoms. The highest BCUT2D eigenvalue weighted by molar-refractivity contribution is 7.26. The van der Waals surface area contributed by atoms with E-state index in [-0.39, 0.29) is 5.56 Å². The van der Waals surface area contributed by atoms with E-state index in [9.17, 15) is 4.39 Å². The van der Waals surface area contributed by atoms with Gasteiger partial charge in [-0.05, 0) is 87.8 Å². The first-order valence-corrected chi connectivity index (χ1v) is 33.6. The average Bonchev–Trinajstić information content (AvgIpc) is 1.58. The molecule has 0 radical (unpaired) electrons. The van der Waals surface area contributed by atoms with Crippen molar-refractivity contribution in [1.82, 2.24) is 49.8 Å². The van der Waals surface area contributed by atoms with E-state index in [1.807, 2.05) is 240 Å². The third kappa shape index (κ3) is 12.8. The van der Waals surface area contributed by atoms with Crippen LogP contribution in [0.5, 0.6) is 0 Å². The number of aromatic nitrogens is 10. The summed E-state index contributed by atoms with van der Waals surface area (Å²) in [5.41, 5.74) is 9.63. The van der Waals surface area contributed by atoms with Gasteiger partial charge in [0.15, 0.2) is 40.8 Å². The Kier molecular flexibility index (Phi) is 17.3. The Bertz CT molecular complexity index is 5460. The number of benzene rings is 10. The maximum Gasteiger partial charge on any atom is 0.497 e. The van der Waals surface area contributed by atoms with Crippen molar-refractivity contribution < 1.29 is 18.1 Å². The molecule has 0 unspecified atom stereocenters. The van der Waals surface area contributed by atoms with Crippen molar-refractivity contribution in [2.75, 3.05) is 0 Å². The van der Waals surface area contributed by atoms with Gasteiger partial charge in [-0.15, -0.1) is 22.7 Å². The molecule has 7 heterocycles. The second kappa shape index (κ2) is 26.9. The summed E-state index contributed by atoms with van der Waals surface area (Å²) in [6.07, 6.45) is 0. The van der Waals surface area contributed by atoms with Crippen LogP contribution in [0.15, 0.2) is 267 Å². The van der Waals surface area contributed by atoms with Crippen LogP contribution in [0.3, 0.4) is 0 Å². The van der Waals surface area contributed by atoms with E-state index in [0.29, 0.717) is 62.6 Å². The quantitative estimate of drug-likeness (QED) is 0.0948. The Labute approximate surface area is 576 Å². The second-order valence-corrected chi connectivity index (χ2v) is 26.6. The second-order valence-electron chi connectivity index (χ2n) is 24.1. The Balaban J connectivity index is 0.000000128. The Morgan fingerprint density at radius 1 is 0.327 bits per heavy atom. The maximum absolute atomic E-state index is 15.7. The Morgan fingerprint density at radius 2 is 0.663 bits per heavy atom. The van der Waals surface area contributed by atoms with Gasteiger partial charge in [-0.1, -0.05) is 218 Å². The molecule has 474 valence electrons. The summed E-state index contributed by atoms with van der Waals surface area (Å²) in [5.74, 6) is 2.53. The Morgan fingerprint density at radius 3 is 1.08 bits per heavy atom. The van der Waals surface area contributed by atoms with Crippen molar-refractivity contribution in [1.29, 1.82) is 0 Å². The molecule has 0 N–H and O–H groups in total. The third-order valence-corrected chi connectivity index (χ3v) is 19.6. The van der Waals surface area contributed by atoms with Gasteiger partial charge in [-0.3, -0.25) is 0 Å². The first-order valence-electron chi connectivity index (χ1n) is 31.6. The van der Waals surface area contributed by atoms with E-state index in [2.05, 4.69) is 28.2 Å². The molecule has 0 spiro atoms. The Hall–Kier alpha value is -11.0. The zero-order valence-corrected chi connectivity index (χ0v) is 55.6. The van der Waals surface area contributed by atoms with Gasteiger partial charge >= 0.3 is 7.12 Å². The van der Waals surface area contributed by atoms with Crippen LogP contribution in [0.25, 0.3) is 143 Å². The van der Waals surface area contributed by atoms with E-state index in [1.165, 1.54) is 16.8 Å². The monoisotopic (exact) mass is 1340 g/mol. The van der Waals surface area contributed by atoms with Gasteiger partial charge < -0.3 is 9.31 Å². The molecule has 0 bridgehead atoms. The molecule has 0 amide bonds. The zero-order chi connectivity index (χ0) is 66.9. The molecule has 16 aromatic rings. The molecule has 17 rings (SSSR count). The highest BCUT2D eigenvalue weighted by Crippen LogP contribution is 2.42. The molecule has 1 aliphatic heterocycles. The summed E-state index contributed by atoms with van der Waals surface area (Å²) in [7, 11) is -0.825. The smallest absolute Gasteiger partial charge is 0.399 e. The van der Waals surface area contributed by atoms with Crippen LogP contribution in [0.2, 0.25) is 5.28 Å². The predicted molar refractivity (Wildman–Crippen MR) is 393 cm³/mol. The first-order chi connectivity index (χ1) is 47.8. The van der Waals surface area contributed by atoms with Gasteiger partial charge in [-0.2, -0.15) is 0 Å². The third-order valence-electron chi connectivity index (χ3n) is 17.1. The molecule has 10 aromatic carbocycles. The number of thiophene rings is 2. The van der Waals surface area contributed by atoms with Gasteiger partial charge in [0, 0.05) is 70.1 Å². The lowest BCUT2D eigenvalue weighted by Crippen LogP contribution is -2.41. The minimum atomic E-state index is -0.825. The first kappa shape index (κ1) is 63.0. The van der Waals surface area contributed by atoms with Crippen molar-refractivity contribution in [3.63, 3.8) is 0 Å². The van der Waals surface area contributed by atoms with Crippen molar-refractivity contribution >= 4 is 87.5 Å². The van der Waals surface area contributed by atoms with Crippen molar-refractivity contribution in [3.8, 4) is 102 Å². The number of hydrogen-bond acceptors (Lipinski definition) is 14. The minimum absolute atomic E-state index is 0.278. The molecular formula is C80H56BClF2N10O2S2. The van der Waals surface area contributed by atoms with Crippen LogP contribution in [-0.4, -0.2) is 68.2 Å². The molecule has 18 heteroatoms. The summed E-state index contributed by atoms with van der Waals surface area (Å²) in [5, 5.41) is 2.44. The van der Waals surface area contributed by atoms with E-state index < -0.39 is 30.0 Å². The summed E-state index contributed by atoms with van der Waals surface area (Å²) in [4.78, 5) is 47.4. The van der Waals surface area contributed by atoms with E-state index in [0.717, 1.165) is 80.7 Å². The molecular weight excluding hydrogens is 1280 g/mol. The number of nitrogens with zero attached hydrogens (tertiary/aromatic N) is 10. The van der Waals surface area contributed by atoms with Crippen LogP contribution in [0.4, 0.5) is 8.78 Å². The highest BCUT2D eigenvalue weighted by atomic mass is 35.5. The summed E-state index contributed by atoms with van der Waals surface area (Å²) in [6.45, 7) is 7.77. The lowest BCUT2D eigenvalue weighted by molar-refractivity contribution is 0.00578. The molecule has 6 aromatic heterocycles. The average molecular weight is 1340 g/mol. The topological polar surface area (TPSA) is 147 Å². The van der Waals surface area contributed by atoms with Crippen molar-refractivity contribution in [3.05, 3.63) is 284 Å². The van der Waals surface area contributed by atoms with Gasteiger partial charge in [0.2, 0.25) is 5.28 Å². The number of hydrogen-bond donors (Lipinski definition) is 0. The molecule has 1 aliphatic rings. The van der Waals surface area contributed by atoms with E-state index in [1.54, 1.807) is 46.9 Å². The fraction of sp³-hybridized carbons (Fsp3) is 0.0750.